The molecule has 0 spiro atoms. The van der Waals surface area contributed by atoms with Crippen LogP contribution >= 0.6 is 11.3 Å². The molecule has 22 heavy (non-hydrogen) atoms. The fourth-order valence-electron chi connectivity index (χ4n) is 3.53. The largest absolute Gasteiger partial charge is 0.349 e. The van der Waals surface area contributed by atoms with Gasteiger partial charge in [-0.1, -0.05) is 12.8 Å². The molecule has 3 rings (SSSR count). The summed E-state index contributed by atoms with van der Waals surface area (Å²) in [5.41, 5.74) is 0.740. The molecule has 1 aliphatic heterocycles. The molecule has 1 saturated heterocycles. The lowest BCUT2D eigenvalue weighted by atomic mass is 10.0. The fourth-order valence-corrected chi connectivity index (χ4v) is 4.16. The molecule has 0 aromatic carbocycles. The molecule has 0 unspecified atom stereocenters. The molecule has 1 aliphatic carbocycles. The SMILES string of the molecule is O=C(NC1CCN(C(=O)CC2CCCC2)CC1)c1ccsc1. The van der Waals surface area contributed by atoms with Crippen molar-refractivity contribution in [2.75, 3.05) is 13.1 Å². The molecule has 2 heterocycles. The van der Waals surface area contributed by atoms with Gasteiger partial charge in [0.05, 0.1) is 0 Å². The molecule has 2 amide bonds. The third-order valence-electron chi connectivity index (χ3n) is 4.90. The summed E-state index contributed by atoms with van der Waals surface area (Å²) < 4.78 is 0. The Morgan fingerprint density at radius 2 is 1.91 bits per heavy atom. The van der Waals surface area contributed by atoms with E-state index in [2.05, 4.69) is 5.32 Å². The molecule has 1 N–H and O–H groups in total. The van der Waals surface area contributed by atoms with Crippen LogP contribution in [0.5, 0.6) is 0 Å². The molecule has 1 aromatic rings. The van der Waals surface area contributed by atoms with Gasteiger partial charge in [0.15, 0.2) is 0 Å². The first-order chi connectivity index (χ1) is 10.7. The maximum atomic E-state index is 12.3. The molecular weight excluding hydrogens is 296 g/mol. The van der Waals surface area contributed by atoms with Crippen molar-refractivity contribution in [2.45, 2.75) is 51.0 Å². The van der Waals surface area contributed by atoms with Crippen molar-refractivity contribution in [1.82, 2.24) is 10.2 Å². The highest BCUT2D eigenvalue weighted by atomic mass is 32.1. The van der Waals surface area contributed by atoms with Gasteiger partial charge in [0.1, 0.15) is 0 Å². The van der Waals surface area contributed by atoms with E-state index in [1.54, 1.807) is 0 Å². The minimum absolute atomic E-state index is 0.0111. The van der Waals surface area contributed by atoms with Crippen LogP contribution < -0.4 is 5.32 Å². The molecule has 0 radical (unpaired) electrons. The van der Waals surface area contributed by atoms with Gasteiger partial charge in [-0.2, -0.15) is 11.3 Å². The molecule has 2 fully saturated rings. The van der Waals surface area contributed by atoms with Crippen molar-refractivity contribution < 1.29 is 9.59 Å². The number of likely N-dealkylation sites (tertiary alicyclic amines) is 1. The smallest absolute Gasteiger partial charge is 0.252 e. The Morgan fingerprint density at radius 1 is 1.18 bits per heavy atom. The Balaban J connectivity index is 1.42. The highest BCUT2D eigenvalue weighted by molar-refractivity contribution is 7.08. The van der Waals surface area contributed by atoms with Crippen LogP contribution in [0.3, 0.4) is 0 Å². The van der Waals surface area contributed by atoms with E-state index < -0.39 is 0 Å². The number of piperidine rings is 1. The van der Waals surface area contributed by atoms with Gasteiger partial charge in [0.25, 0.3) is 5.91 Å². The van der Waals surface area contributed by atoms with E-state index in [4.69, 9.17) is 0 Å². The Morgan fingerprint density at radius 3 is 2.55 bits per heavy atom. The standard InChI is InChI=1S/C17H24N2O2S/c20-16(11-13-3-1-2-4-13)19-8-5-15(6-9-19)18-17(21)14-7-10-22-12-14/h7,10,12-13,15H,1-6,8-9,11H2,(H,18,21). The average molecular weight is 320 g/mol. The first kappa shape index (κ1) is 15.5. The maximum absolute atomic E-state index is 12.3. The first-order valence-electron chi connectivity index (χ1n) is 8.33. The van der Waals surface area contributed by atoms with E-state index in [1.165, 1.54) is 37.0 Å². The number of nitrogens with one attached hydrogen (secondary N) is 1. The van der Waals surface area contributed by atoms with Crippen LogP contribution in [-0.4, -0.2) is 35.8 Å². The van der Waals surface area contributed by atoms with Gasteiger partial charge in [-0.05, 0) is 43.0 Å². The van der Waals surface area contributed by atoms with Crippen LogP contribution in [0.2, 0.25) is 0 Å². The second-order valence-corrected chi connectivity index (χ2v) is 7.28. The highest BCUT2D eigenvalue weighted by Gasteiger charge is 2.26. The fraction of sp³-hybridized carbons (Fsp3) is 0.647. The summed E-state index contributed by atoms with van der Waals surface area (Å²) in [6.45, 7) is 1.56. The minimum atomic E-state index is 0.0111. The normalized spacial score (nSPS) is 20.3. The molecular formula is C17H24N2O2S. The number of hydrogen-bond donors (Lipinski definition) is 1. The van der Waals surface area contributed by atoms with Crippen molar-refractivity contribution in [3.63, 3.8) is 0 Å². The van der Waals surface area contributed by atoms with Gasteiger partial charge in [0, 0.05) is 36.5 Å². The lowest BCUT2D eigenvalue weighted by Gasteiger charge is -2.33. The van der Waals surface area contributed by atoms with Crippen molar-refractivity contribution >= 4 is 23.2 Å². The van der Waals surface area contributed by atoms with E-state index in [-0.39, 0.29) is 11.9 Å². The van der Waals surface area contributed by atoms with Gasteiger partial charge in [-0.25, -0.2) is 0 Å². The number of amides is 2. The predicted octanol–water partition coefficient (Wildman–Crippen LogP) is 3.05. The van der Waals surface area contributed by atoms with Crippen molar-refractivity contribution in [1.29, 1.82) is 0 Å². The summed E-state index contributed by atoms with van der Waals surface area (Å²) in [4.78, 5) is 26.3. The summed E-state index contributed by atoms with van der Waals surface area (Å²) in [6.07, 6.45) is 7.48. The minimum Gasteiger partial charge on any atom is -0.349 e. The topological polar surface area (TPSA) is 49.4 Å². The van der Waals surface area contributed by atoms with E-state index in [0.29, 0.717) is 11.8 Å². The van der Waals surface area contributed by atoms with Gasteiger partial charge >= 0.3 is 0 Å². The van der Waals surface area contributed by atoms with E-state index in [9.17, 15) is 9.59 Å². The van der Waals surface area contributed by atoms with E-state index in [1.807, 2.05) is 21.7 Å². The molecule has 1 aromatic heterocycles. The van der Waals surface area contributed by atoms with Crippen molar-refractivity contribution in [2.24, 2.45) is 5.92 Å². The van der Waals surface area contributed by atoms with E-state index >= 15 is 0 Å². The Kier molecular flexibility index (Phi) is 5.13. The van der Waals surface area contributed by atoms with Crippen LogP contribution in [0.25, 0.3) is 0 Å². The number of thiophene rings is 1. The zero-order chi connectivity index (χ0) is 15.4. The molecule has 1 saturated carbocycles. The van der Waals surface area contributed by atoms with Gasteiger partial charge < -0.3 is 10.2 Å². The Hall–Kier alpha value is -1.36. The van der Waals surface area contributed by atoms with Crippen LogP contribution in [0.1, 0.15) is 55.3 Å². The average Bonchev–Trinajstić information content (AvgIpc) is 3.21. The van der Waals surface area contributed by atoms with E-state index in [0.717, 1.165) is 37.9 Å². The number of carbonyl (C=O) groups excluding carboxylic acids is 2. The summed E-state index contributed by atoms with van der Waals surface area (Å²) in [5, 5.41) is 6.87. The van der Waals surface area contributed by atoms with Crippen LogP contribution in [-0.2, 0) is 4.79 Å². The summed E-state index contributed by atoms with van der Waals surface area (Å²) in [5.74, 6) is 0.940. The molecule has 0 bridgehead atoms. The monoisotopic (exact) mass is 320 g/mol. The van der Waals surface area contributed by atoms with Crippen molar-refractivity contribution in [3.05, 3.63) is 22.4 Å². The predicted molar refractivity (Wildman–Crippen MR) is 88.0 cm³/mol. The molecule has 4 nitrogen and oxygen atoms in total. The molecule has 5 heteroatoms. The summed E-state index contributed by atoms with van der Waals surface area (Å²) in [6, 6.07) is 2.04. The number of hydrogen-bond acceptors (Lipinski definition) is 3. The lowest BCUT2D eigenvalue weighted by molar-refractivity contribution is -0.133. The highest BCUT2D eigenvalue weighted by Crippen LogP contribution is 2.28. The van der Waals surface area contributed by atoms with Crippen LogP contribution in [0, 0.1) is 5.92 Å². The number of carbonyl (C=O) groups is 2. The summed E-state index contributed by atoms with van der Waals surface area (Å²) >= 11 is 1.54. The zero-order valence-electron chi connectivity index (χ0n) is 12.9. The maximum Gasteiger partial charge on any atom is 0.252 e. The first-order valence-corrected chi connectivity index (χ1v) is 9.27. The Bertz CT molecular complexity index is 501. The Labute approximate surface area is 135 Å². The third kappa shape index (κ3) is 3.88. The lowest BCUT2D eigenvalue weighted by Crippen LogP contribution is -2.46. The second-order valence-electron chi connectivity index (χ2n) is 6.50. The number of rotatable bonds is 4. The molecule has 0 atom stereocenters. The van der Waals surface area contributed by atoms with Gasteiger partial charge in [-0.15, -0.1) is 0 Å². The second kappa shape index (κ2) is 7.27. The van der Waals surface area contributed by atoms with Crippen LogP contribution in [0.4, 0.5) is 0 Å². The summed E-state index contributed by atoms with van der Waals surface area (Å²) in [7, 11) is 0. The van der Waals surface area contributed by atoms with Crippen molar-refractivity contribution in [3.8, 4) is 0 Å². The van der Waals surface area contributed by atoms with Crippen LogP contribution in [0.15, 0.2) is 16.8 Å². The quantitative estimate of drug-likeness (QED) is 0.927. The molecule has 120 valence electrons. The third-order valence-corrected chi connectivity index (χ3v) is 5.59. The van der Waals surface area contributed by atoms with Gasteiger partial charge in [-0.3, -0.25) is 9.59 Å². The molecule has 2 aliphatic rings. The zero-order valence-corrected chi connectivity index (χ0v) is 13.7. The van der Waals surface area contributed by atoms with Gasteiger partial charge in [0.2, 0.25) is 5.91 Å². The number of nitrogens with zero attached hydrogens (tertiary/aromatic N) is 1.